The topological polar surface area (TPSA) is 48.5 Å². The van der Waals surface area contributed by atoms with Crippen LogP contribution in [0.25, 0.3) is 0 Å². The highest BCUT2D eigenvalue weighted by atomic mass is 35.5. The number of hydrogen-bond donors (Lipinski definition) is 1. The van der Waals surface area contributed by atoms with Crippen LogP contribution in [0, 0.1) is 5.92 Å². The van der Waals surface area contributed by atoms with E-state index in [4.69, 9.17) is 11.6 Å². The number of rotatable bonds is 2. The molecule has 2 saturated heterocycles. The molecule has 26 heavy (non-hydrogen) atoms. The Morgan fingerprint density at radius 2 is 2.00 bits per heavy atom. The lowest BCUT2D eigenvalue weighted by Gasteiger charge is -2.39. The first kappa shape index (κ1) is 19.2. The Bertz CT molecular complexity index is 662. The van der Waals surface area contributed by atoms with Crippen LogP contribution in [0.15, 0.2) is 12.3 Å². The van der Waals surface area contributed by atoms with Crippen molar-refractivity contribution in [3.63, 3.8) is 0 Å². The Balaban J connectivity index is 1.62. The fourth-order valence-corrected chi connectivity index (χ4v) is 3.85. The predicted molar refractivity (Wildman–Crippen MR) is 93.2 cm³/mol. The van der Waals surface area contributed by atoms with Crippen LogP contribution in [-0.2, 0) is 11.0 Å². The minimum absolute atomic E-state index is 0.0136. The first-order chi connectivity index (χ1) is 12.3. The molecule has 2 aliphatic rings. The number of carbonyl (C=O) groups is 1. The number of alkyl halides is 3. The number of piperazine rings is 1. The van der Waals surface area contributed by atoms with Gasteiger partial charge in [-0.25, -0.2) is 4.98 Å². The van der Waals surface area contributed by atoms with Crippen molar-refractivity contribution in [3.05, 3.63) is 22.8 Å². The number of hydrogen-bond acceptors (Lipinski definition) is 4. The largest absolute Gasteiger partial charge is 0.417 e. The number of nitrogens with zero attached hydrogens (tertiary/aromatic N) is 3. The highest BCUT2D eigenvalue weighted by molar-refractivity contribution is 6.33. The van der Waals surface area contributed by atoms with Gasteiger partial charge in [-0.15, -0.1) is 0 Å². The Labute approximate surface area is 155 Å². The SMILES string of the molecule is CC1CNCCN1C(=O)C1CCN(c2ncc(C(F)(F)F)cc2Cl)CC1. The number of halogens is 4. The van der Waals surface area contributed by atoms with Gasteiger partial charge in [0.25, 0.3) is 0 Å². The maximum absolute atomic E-state index is 12.7. The summed E-state index contributed by atoms with van der Waals surface area (Å²) in [7, 11) is 0. The van der Waals surface area contributed by atoms with Crippen LogP contribution in [0.4, 0.5) is 19.0 Å². The lowest BCUT2D eigenvalue weighted by molar-refractivity contribution is -0.139. The van der Waals surface area contributed by atoms with Crippen molar-refractivity contribution in [2.24, 2.45) is 5.92 Å². The smallest absolute Gasteiger partial charge is 0.355 e. The van der Waals surface area contributed by atoms with E-state index in [0.717, 1.165) is 25.4 Å². The summed E-state index contributed by atoms with van der Waals surface area (Å²) in [5.41, 5.74) is -0.857. The second-order valence-corrected chi connectivity index (χ2v) is 7.28. The number of anilines is 1. The fraction of sp³-hybridized carbons (Fsp3) is 0.647. The van der Waals surface area contributed by atoms with Crippen LogP contribution in [0.3, 0.4) is 0 Å². The van der Waals surface area contributed by atoms with Crippen molar-refractivity contribution in [1.82, 2.24) is 15.2 Å². The second kappa shape index (κ2) is 7.60. The summed E-state index contributed by atoms with van der Waals surface area (Å²) in [6.45, 7) is 5.46. The highest BCUT2D eigenvalue weighted by Crippen LogP contribution is 2.34. The standard InChI is InChI=1S/C17H22ClF3N4O/c1-11-9-22-4-7-25(11)16(26)12-2-5-24(6-3-12)15-14(18)8-13(10-23-15)17(19,20)21/h8,10-12,22H,2-7,9H2,1H3. The van der Waals surface area contributed by atoms with E-state index in [1.165, 1.54) is 0 Å². The van der Waals surface area contributed by atoms with Gasteiger partial charge in [0.2, 0.25) is 5.91 Å². The summed E-state index contributed by atoms with van der Waals surface area (Å²) in [5, 5.41) is 3.25. The molecule has 2 aliphatic heterocycles. The molecular weight excluding hydrogens is 369 g/mol. The molecule has 0 saturated carbocycles. The van der Waals surface area contributed by atoms with Crippen LogP contribution in [-0.4, -0.2) is 54.6 Å². The Hall–Kier alpha value is -1.54. The second-order valence-electron chi connectivity index (χ2n) is 6.87. The molecule has 1 aromatic heterocycles. The normalized spacial score (nSPS) is 22.6. The molecule has 144 valence electrons. The summed E-state index contributed by atoms with van der Waals surface area (Å²) in [5.74, 6) is 0.464. The third-order valence-electron chi connectivity index (χ3n) is 5.08. The summed E-state index contributed by atoms with van der Waals surface area (Å²) >= 11 is 6.02. The van der Waals surface area contributed by atoms with E-state index < -0.39 is 11.7 Å². The molecule has 0 radical (unpaired) electrons. The van der Waals surface area contributed by atoms with Gasteiger partial charge in [0.05, 0.1) is 10.6 Å². The average molecular weight is 391 g/mol. The van der Waals surface area contributed by atoms with Crippen LogP contribution in [0.2, 0.25) is 5.02 Å². The number of pyridine rings is 1. The lowest BCUT2D eigenvalue weighted by atomic mass is 9.94. The van der Waals surface area contributed by atoms with Crippen LogP contribution < -0.4 is 10.2 Å². The Morgan fingerprint density at radius 1 is 1.31 bits per heavy atom. The molecule has 0 spiro atoms. The van der Waals surface area contributed by atoms with E-state index in [9.17, 15) is 18.0 Å². The molecule has 0 aromatic carbocycles. The summed E-state index contributed by atoms with van der Waals surface area (Å²) in [6.07, 6.45) is -2.36. The molecule has 9 heteroatoms. The quantitative estimate of drug-likeness (QED) is 0.843. The van der Waals surface area contributed by atoms with E-state index in [0.29, 0.717) is 38.3 Å². The fourth-order valence-electron chi connectivity index (χ4n) is 3.56. The Morgan fingerprint density at radius 3 is 2.58 bits per heavy atom. The van der Waals surface area contributed by atoms with E-state index in [2.05, 4.69) is 10.3 Å². The Kier molecular flexibility index (Phi) is 5.62. The van der Waals surface area contributed by atoms with Gasteiger partial charge in [0.15, 0.2) is 0 Å². The predicted octanol–water partition coefficient (Wildman–Crippen LogP) is 2.79. The zero-order chi connectivity index (χ0) is 18.9. The zero-order valence-electron chi connectivity index (χ0n) is 14.5. The summed E-state index contributed by atoms with van der Waals surface area (Å²) in [4.78, 5) is 20.4. The van der Waals surface area contributed by atoms with Crippen molar-refractivity contribution in [3.8, 4) is 0 Å². The molecule has 1 N–H and O–H groups in total. The van der Waals surface area contributed by atoms with Gasteiger partial charge in [-0.2, -0.15) is 13.2 Å². The number of aromatic nitrogens is 1. The molecule has 0 bridgehead atoms. The summed E-state index contributed by atoms with van der Waals surface area (Å²) in [6, 6.07) is 1.09. The highest BCUT2D eigenvalue weighted by Gasteiger charge is 2.34. The zero-order valence-corrected chi connectivity index (χ0v) is 15.3. The summed E-state index contributed by atoms with van der Waals surface area (Å²) < 4.78 is 38.2. The van der Waals surface area contributed by atoms with Crippen LogP contribution in [0.1, 0.15) is 25.3 Å². The number of carbonyl (C=O) groups excluding carboxylic acids is 1. The molecule has 3 rings (SSSR count). The van der Waals surface area contributed by atoms with E-state index in [1.54, 1.807) is 0 Å². The molecule has 1 aromatic rings. The van der Waals surface area contributed by atoms with Crippen molar-refractivity contribution in [2.75, 3.05) is 37.6 Å². The van der Waals surface area contributed by atoms with Gasteiger partial charge in [0, 0.05) is 50.9 Å². The first-order valence-electron chi connectivity index (χ1n) is 8.76. The van der Waals surface area contributed by atoms with Gasteiger partial charge in [-0.1, -0.05) is 11.6 Å². The van der Waals surface area contributed by atoms with E-state index >= 15 is 0 Å². The molecule has 3 heterocycles. The van der Waals surface area contributed by atoms with Gasteiger partial charge in [-0.05, 0) is 25.8 Å². The van der Waals surface area contributed by atoms with Crippen molar-refractivity contribution < 1.29 is 18.0 Å². The van der Waals surface area contributed by atoms with Gasteiger partial charge < -0.3 is 15.1 Å². The average Bonchev–Trinajstić information content (AvgIpc) is 2.61. The minimum atomic E-state index is -4.46. The monoisotopic (exact) mass is 390 g/mol. The molecule has 2 fully saturated rings. The lowest BCUT2D eigenvalue weighted by Crippen LogP contribution is -2.54. The first-order valence-corrected chi connectivity index (χ1v) is 9.14. The number of piperidine rings is 1. The van der Waals surface area contributed by atoms with Gasteiger partial charge in [0.1, 0.15) is 5.82 Å². The van der Waals surface area contributed by atoms with Crippen molar-refractivity contribution in [1.29, 1.82) is 0 Å². The third kappa shape index (κ3) is 4.06. The molecular formula is C17H22ClF3N4O. The molecule has 1 unspecified atom stereocenters. The van der Waals surface area contributed by atoms with Gasteiger partial charge in [-0.3, -0.25) is 4.79 Å². The molecule has 0 aliphatic carbocycles. The maximum Gasteiger partial charge on any atom is 0.417 e. The van der Waals surface area contributed by atoms with E-state index in [1.807, 2.05) is 16.7 Å². The van der Waals surface area contributed by atoms with Gasteiger partial charge >= 0.3 is 6.18 Å². The maximum atomic E-state index is 12.7. The molecule has 5 nitrogen and oxygen atoms in total. The molecule has 1 amide bonds. The minimum Gasteiger partial charge on any atom is -0.355 e. The molecule has 1 atom stereocenters. The van der Waals surface area contributed by atoms with Crippen molar-refractivity contribution >= 4 is 23.3 Å². The van der Waals surface area contributed by atoms with Crippen LogP contribution in [0.5, 0.6) is 0 Å². The van der Waals surface area contributed by atoms with Crippen LogP contribution >= 0.6 is 11.6 Å². The number of nitrogens with one attached hydrogen (secondary N) is 1. The number of amides is 1. The third-order valence-corrected chi connectivity index (χ3v) is 5.36. The van der Waals surface area contributed by atoms with E-state index in [-0.39, 0.29) is 22.9 Å². The van der Waals surface area contributed by atoms with Crippen molar-refractivity contribution in [2.45, 2.75) is 32.0 Å².